The number of hydrogen-bond donors (Lipinski definition) is 1. The van der Waals surface area contributed by atoms with Gasteiger partial charge in [0.05, 0.1) is 6.61 Å². The molecule has 0 aromatic heterocycles. The standard InChI is InChI=1S/C22H19ClN2O3/c1-4-10-28-20-9-7-16(12-21(20)27-5-2)11-17(14-24)22(26)25-18-8-6-15(3)19(23)13-18/h1,6-9,11-13H,5,10H2,2-3H3,(H,25,26)/b17-11-. The van der Waals surface area contributed by atoms with Gasteiger partial charge in [-0.2, -0.15) is 5.26 Å². The van der Waals surface area contributed by atoms with Crippen LogP contribution in [0.15, 0.2) is 42.0 Å². The van der Waals surface area contributed by atoms with Gasteiger partial charge in [0.15, 0.2) is 11.5 Å². The average molecular weight is 395 g/mol. The monoisotopic (exact) mass is 394 g/mol. The number of anilines is 1. The maximum Gasteiger partial charge on any atom is 0.266 e. The molecule has 142 valence electrons. The molecule has 0 unspecified atom stereocenters. The van der Waals surface area contributed by atoms with E-state index in [2.05, 4.69) is 11.2 Å². The lowest BCUT2D eigenvalue weighted by atomic mass is 10.1. The second kappa shape index (κ2) is 10.1. The lowest BCUT2D eigenvalue weighted by Gasteiger charge is -2.11. The molecule has 0 aliphatic rings. The Bertz CT molecular complexity index is 984. The number of terminal acetylenes is 1. The number of aryl methyl sites for hydroxylation is 1. The van der Waals surface area contributed by atoms with Gasteiger partial charge in [0.1, 0.15) is 18.2 Å². The average Bonchev–Trinajstić information content (AvgIpc) is 2.68. The molecule has 2 aromatic rings. The van der Waals surface area contributed by atoms with Crippen LogP contribution >= 0.6 is 11.6 Å². The third kappa shape index (κ3) is 5.54. The van der Waals surface area contributed by atoms with Crippen LogP contribution in [0.2, 0.25) is 5.02 Å². The number of nitrogens with one attached hydrogen (secondary N) is 1. The number of nitrogens with zero attached hydrogens (tertiary/aromatic N) is 1. The van der Waals surface area contributed by atoms with Crippen molar-refractivity contribution in [1.82, 2.24) is 0 Å². The predicted octanol–water partition coefficient (Wildman–Crippen LogP) is 4.60. The van der Waals surface area contributed by atoms with Crippen molar-refractivity contribution >= 4 is 29.3 Å². The fraction of sp³-hybridized carbons (Fsp3) is 0.182. The van der Waals surface area contributed by atoms with E-state index in [0.717, 1.165) is 5.56 Å². The number of halogens is 1. The summed E-state index contributed by atoms with van der Waals surface area (Å²) in [5.41, 5.74) is 1.96. The van der Waals surface area contributed by atoms with Gasteiger partial charge in [-0.1, -0.05) is 29.7 Å². The molecule has 6 heteroatoms. The minimum atomic E-state index is -0.534. The summed E-state index contributed by atoms with van der Waals surface area (Å²) in [5, 5.41) is 12.6. The molecule has 2 aromatic carbocycles. The van der Waals surface area contributed by atoms with Crippen LogP contribution in [-0.2, 0) is 4.79 Å². The summed E-state index contributed by atoms with van der Waals surface area (Å²) < 4.78 is 11.0. The van der Waals surface area contributed by atoms with Crippen molar-refractivity contribution in [3.05, 3.63) is 58.1 Å². The molecule has 5 nitrogen and oxygen atoms in total. The lowest BCUT2D eigenvalue weighted by Crippen LogP contribution is -2.13. The van der Waals surface area contributed by atoms with E-state index in [-0.39, 0.29) is 12.2 Å². The van der Waals surface area contributed by atoms with Crippen molar-refractivity contribution in [2.75, 3.05) is 18.5 Å². The molecule has 2 rings (SSSR count). The molecule has 0 spiro atoms. The Kier molecular flexibility index (Phi) is 7.51. The normalized spacial score (nSPS) is 10.5. The number of carbonyl (C=O) groups excluding carboxylic acids is 1. The largest absolute Gasteiger partial charge is 0.490 e. The Morgan fingerprint density at radius 3 is 2.68 bits per heavy atom. The van der Waals surface area contributed by atoms with Gasteiger partial charge in [-0.15, -0.1) is 6.42 Å². The first-order chi connectivity index (χ1) is 13.5. The fourth-order valence-corrected chi connectivity index (χ4v) is 2.49. The first kappa shape index (κ1) is 20.9. The van der Waals surface area contributed by atoms with Crippen LogP contribution in [0.25, 0.3) is 6.08 Å². The van der Waals surface area contributed by atoms with Crippen LogP contribution in [0.3, 0.4) is 0 Å². The van der Waals surface area contributed by atoms with E-state index < -0.39 is 5.91 Å². The van der Waals surface area contributed by atoms with E-state index in [9.17, 15) is 10.1 Å². The number of hydrogen-bond acceptors (Lipinski definition) is 4. The molecule has 1 amide bonds. The summed E-state index contributed by atoms with van der Waals surface area (Å²) >= 11 is 6.07. The Balaban J connectivity index is 2.26. The van der Waals surface area contributed by atoms with Crippen molar-refractivity contribution in [2.24, 2.45) is 0 Å². The van der Waals surface area contributed by atoms with Crippen LogP contribution in [0.1, 0.15) is 18.1 Å². The number of ether oxygens (including phenoxy) is 2. The van der Waals surface area contributed by atoms with Crippen LogP contribution in [0, 0.1) is 30.6 Å². The molecule has 0 aliphatic heterocycles. The Morgan fingerprint density at radius 1 is 1.25 bits per heavy atom. The number of rotatable bonds is 7. The third-order valence-electron chi connectivity index (χ3n) is 3.68. The Labute approximate surface area is 169 Å². The molecule has 0 heterocycles. The minimum Gasteiger partial charge on any atom is -0.490 e. The van der Waals surface area contributed by atoms with Crippen LogP contribution in [0.4, 0.5) is 5.69 Å². The molecule has 0 aliphatic carbocycles. The van der Waals surface area contributed by atoms with E-state index in [4.69, 9.17) is 27.5 Å². The van der Waals surface area contributed by atoms with Gasteiger partial charge in [-0.25, -0.2) is 0 Å². The third-order valence-corrected chi connectivity index (χ3v) is 4.09. The van der Waals surface area contributed by atoms with E-state index >= 15 is 0 Å². The van der Waals surface area contributed by atoms with Crippen molar-refractivity contribution in [2.45, 2.75) is 13.8 Å². The van der Waals surface area contributed by atoms with Crippen molar-refractivity contribution < 1.29 is 14.3 Å². The highest BCUT2D eigenvalue weighted by Gasteiger charge is 2.12. The zero-order valence-electron chi connectivity index (χ0n) is 15.6. The van der Waals surface area contributed by atoms with Gasteiger partial charge in [0.2, 0.25) is 0 Å². The maximum absolute atomic E-state index is 12.4. The number of benzene rings is 2. The molecular formula is C22H19ClN2O3. The van der Waals surface area contributed by atoms with E-state index in [1.807, 2.05) is 19.9 Å². The predicted molar refractivity (Wildman–Crippen MR) is 110 cm³/mol. The zero-order chi connectivity index (χ0) is 20.5. The summed E-state index contributed by atoms with van der Waals surface area (Å²) in [6.07, 6.45) is 6.69. The lowest BCUT2D eigenvalue weighted by molar-refractivity contribution is -0.112. The molecule has 1 N–H and O–H groups in total. The molecule has 0 saturated heterocycles. The van der Waals surface area contributed by atoms with Crippen molar-refractivity contribution in [1.29, 1.82) is 5.26 Å². The molecule has 0 bridgehead atoms. The van der Waals surface area contributed by atoms with Crippen LogP contribution < -0.4 is 14.8 Å². The topological polar surface area (TPSA) is 71.3 Å². The molecule has 0 atom stereocenters. The van der Waals surface area contributed by atoms with Crippen LogP contribution in [-0.4, -0.2) is 19.1 Å². The number of amides is 1. The molecular weight excluding hydrogens is 376 g/mol. The van der Waals surface area contributed by atoms with Gasteiger partial charge in [-0.05, 0) is 55.3 Å². The fourth-order valence-electron chi connectivity index (χ4n) is 2.31. The van der Waals surface area contributed by atoms with Gasteiger partial charge in [-0.3, -0.25) is 4.79 Å². The van der Waals surface area contributed by atoms with E-state index in [0.29, 0.717) is 34.4 Å². The van der Waals surface area contributed by atoms with Gasteiger partial charge in [0.25, 0.3) is 5.91 Å². The Morgan fingerprint density at radius 2 is 2.04 bits per heavy atom. The quantitative estimate of drug-likeness (QED) is 0.423. The van der Waals surface area contributed by atoms with Gasteiger partial charge >= 0.3 is 0 Å². The highest BCUT2D eigenvalue weighted by atomic mass is 35.5. The van der Waals surface area contributed by atoms with Crippen LogP contribution in [0.5, 0.6) is 11.5 Å². The second-order valence-electron chi connectivity index (χ2n) is 5.72. The Hall–Kier alpha value is -3.41. The minimum absolute atomic E-state index is 0.0589. The van der Waals surface area contributed by atoms with Gasteiger partial charge in [0, 0.05) is 10.7 Å². The second-order valence-corrected chi connectivity index (χ2v) is 6.13. The summed E-state index contributed by atoms with van der Waals surface area (Å²) in [4.78, 5) is 12.4. The number of nitriles is 1. The van der Waals surface area contributed by atoms with Gasteiger partial charge < -0.3 is 14.8 Å². The highest BCUT2D eigenvalue weighted by Crippen LogP contribution is 2.29. The molecule has 0 fully saturated rings. The summed E-state index contributed by atoms with van der Waals surface area (Å²) in [6.45, 7) is 4.25. The highest BCUT2D eigenvalue weighted by molar-refractivity contribution is 6.31. The first-order valence-corrected chi connectivity index (χ1v) is 8.88. The van der Waals surface area contributed by atoms with E-state index in [1.54, 1.807) is 36.4 Å². The zero-order valence-corrected chi connectivity index (χ0v) is 16.3. The van der Waals surface area contributed by atoms with E-state index in [1.165, 1.54) is 6.08 Å². The van der Waals surface area contributed by atoms with Crippen molar-refractivity contribution in [3.63, 3.8) is 0 Å². The van der Waals surface area contributed by atoms with Crippen molar-refractivity contribution in [3.8, 4) is 29.9 Å². The first-order valence-electron chi connectivity index (χ1n) is 8.51. The summed E-state index contributed by atoms with van der Waals surface area (Å²) in [7, 11) is 0. The maximum atomic E-state index is 12.4. The smallest absolute Gasteiger partial charge is 0.266 e. The molecule has 28 heavy (non-hydrogen) atoms. The summed E-state index contributed by atoms with van der Waals surface area (Å²) in [6, 6.07) is 12.1. The SMILES string of the molecule is C#CCOc1ccc(/C=C(/C#N)C(=O)Nc2ccc(C)c(Cl)c2)cc1OCC. The molecule has 0 saturated carbocycles. The molecule has 0 radical (unpaired) electrons. The number of carbonyl (C=O) groups is 1. The summed E-state index contributed by atoms with van der Waals surface area (Å²) in [5.74, 6) is 2.83.